The van der Waals surface area contributed by atoms with E-state index >= 15 is 0 Å². The van der Waals surface area contributed by atoms with Crippen LogP contribution in [-0.2, 0) is 16.0 Å². The van der Waals surface area contributed by atoms with Crippen LogP contribution in [0.25, 0.3) is 10.9 Å². The molecule has 0 fully saturated rings. The molecule has 0 aliphatic carbocycles. The van der Waals surface area contributed by atoms with Gasteiger partial charge in [0.1, 0.15) is 11.8 Å². The van der Waals surface area contributed by atoms with E-state index in [2.05, 4.69) is 10.3 Å². The van der Waals surface area contributed by atoms with Gasteiger partial charge in [-0.25, -0.2) is 4.79 Å². The molecule has 0 saturated heterocycles. The zero-order chi connectivity index (χ0) is 19.5. The van der Waals surface area contributed by atoms with Gasteiger partial charge in [-0.1, -0.05) is 36.4 Å². The van der Waals surface area contributed by atoms with Crippen LogP contribution in [0.4, 0.5) is 0 Å². The Labute approximate surface area is 162 Å². The number of hydrogen-bond acceptors (Lipinski definition) is 3. The highest BCUT2D eigenvalue weighted by Crippen LogP contribution is 2.35. The molecule has 0 spiro atoms. The second kappa shape index (κ2) is 7.76. The van der Waals surface area contributed by atoms with Crippen molar-refractivity contribution in [2.24, 2.45) is 0 Å². The highest BCUT2D eigenvalue weighted by molar-refractivity contribution is 5.87. The molecule has 1 amide bonds. The molecule has 3 aromatic rings. The van der Waals surface area contributed by atoms with E-state index in [4.69, 9.17) is 4.74 Å². The molecule has 6 heteroatoms. The van der Waals surface area contributed by atoms with Crippen LogP contribution in [0.1, 0.15) is 29.9 Å². The van der Waals surface area contributed by atoms with E-state index in [0.29, 0.717) is 6.61 Å². The fourth-order valence-corrected chi connectivity index (χ4v) is 3.83. The molecular formula is C22H22N2O4. The molecule has 2 heterocycles. The summed E-state index contributed by atoms with van der Waals surface area (Å²) in [5.41, 5.74) is 2.83. The number of hydrogen-bond donors (Lipinski definition) is 3. The van der Waals surface area contributed by atoms with Crippen molar-refractivity contribution in [2.45, 2.75) is 31.2 Å². The van der Waals surface area contributed by atoms with Gasteiger partial charge in [-0.3, -0.25) is 4.79 Å². The van der Waals surface area contributed by atoms with Gasteiger partial charge in [-0.05, 0) is 35.6 Å². The highest BCUT2D eigenvalue weighted by Gasteiger charge is 2.27. The molecule has 0 radical (unpaired) electrons. The summed E-state index contributed by atoms with van der Waals surface area (Å²) >= 11 is 0. The van der Waals surface area contributed by atoms with E-state index in [1.165, 1.54) is 0 Å². The maximum absolute atomic E-state index is 12.6. The number of para-hydroxylation sites is 2. The zero-order valence-corrected chi connectivity index (χ0v) is 15.4. The Hall–Kier alpha value is -3.28. The molecule has 1 aromatic heterocycles. The molecule has 6 nitrogen and oxygen atoms in total. The Bertz CT molecular complexity index is 1010. The summed E-state index contributed by atoms with van der Waals surface area (Å²) in [6.07, 6.45) is 3.03. The lowest BCUT2D eigenvalue weighted by Crippen LogP contribution is -2.42. The fourth-order valence-electron chi connectivity index (χ4n) is 3.83. The lowest BCUT2D eigenvalue weighted by molar-refractivity contribution is -0.141. The molecule has 1 aliphatic rings. The van der Waals surface area contributed by atoms with Gasteiger partial charge in [0.25, 0.3) is 0 Å². The number of aromatic amines is 1. The van der Waals surface area contributed by atoms with Gasteiger partial charge in [-0.15, -0.1) is 0 Å². The average Bonchev–Trinajstić information content (AvgIpc) is 3.11. The SMILES string of the molecule is O=C(C[C@@H]1CCOc2ccccc21)N[C@H](Cc1c[nH]c2ccccc12)C(=O)O. The number of carboxylic acid groups (broad SMARTS) is 1. The van der Waals surface area contributed by atoms with Crippen LogP contribution in [0.5, 0.6) is 5.75 Å². The first-order valence-corrected chi connectivity index (χ1v) is 9.40. The summed E-state index contributed by atoms with van der Waals surface area (Å²) in [6.45, 7) is 0.562. The predicted molar refractivity (Wildman–Crippen MR) is 105 cm³/mol. The number of amides is 1. The molecule has 2 atom stereocenters. The van der Waals surface area contributed by atoms with E-state index in [-0.39, 0.29) is 24.7 Å². The van der Waals surface area contributed by atoms with Crippen LogP contribution in [0.15, 0.2) is 54.7 Å². The first-order valence-electron chi connectivity index (χ1n) is 9.40. The molecular weight excluding hydrogens is 356 g/mol. The van der Waals surface area contributed by atoms with Gasteiger partial charge in [-0.2, -0.15) is 0 Å². The van der Waals surface area contributed by atoms with Crippen LogP contribution < -0.4 is 10.1 Å². The van der Waals surface area contributed by atoms with Crippen LogP contribution in [0.2, 0.25) is 0 Å². The minimum absolute atomic E-state index is 0.0347. The van der Waals surface area contributed by atoms with Crippen LogP contribution in [0.3, 0.4) is 0 Å². The summed E-state index contributed by atoms with van der Waals surface area (Å²) in [5.74, 6) is -0.451. The quantitative estimate of drug-likeness (QED) is 0.614. The number of carbonyl (C=O) groups excluding carboxylic acids is 1. The van der Waals surface area contributed by atoms with Crippen molar-refractivity contribution in [1.29, 1.82) is 0 Å². The van der Waals surface area contributed by atoms with E-state index in [0.717, 1.165) is 34.2 Å². The molecule has 0 unspecified atom stereocenters. The number of ether oxygens (including phenoxy) is 1. The van der Waals surface area contributed by atoms with Crippen molar-refractivity contribution in [1.82, 2.24) is 10.3 Å². The monoisotopic (exact) mass is 378 g/mol. The third-order valence-electron chi connectivity index (χ3n) is 5.25. The van der Waals surface area contributed by atoms with Crippen molar-refractivity contribution in [3.8, 4) is 5.75 Å². The van der Waals surface area contributed by atoms with Crippen LogP contribution in [-0.4, -0.2) is 34.6 Å². The normalized spacial score (nSPS) is 16.8. The van der Waals surface area contributed by atoms with Crippen molar-refractivity contribution in [2.75, 3.05) is 6.61 Å². The summed E-state index contributed by atoms with van der Waals surface area (Å²) in [7, 11) is 0. The van der Waals surface area contributed by atoms with Crippen molar-refractivity contribution in [3.63, 3.8) is 0 Å². The third kappa shape index (κ3) is 3.71. The van der Waals surface area contributed by atoms with E-state index in [9.17, 15) is 14.7 Å². The fraction of sp³-hybridized carbons (Fsp3) is 0.273. The Morgan fingerprint density at radius 3 is 2.82 bits per heavy atom. The van der Waals surface area contributed by atoms with Crippen molar-refractivity contribution in [3.05, 3.63) is 65.9 Å². The molecule has 144 valence electrons. The molecule has 2 aromatic carbocycles. The van der Waals surface area contributed by atoms with Gasteiger partial charge in [0, 0.05) is 29.9 Å². The Morgan fingerprint density at radius 1 is 1.18 bits per heavy atom. The summed E-state index contributed by atoms with van der Waals surface area (Å²) in [5, 5.41) is 13.3. The lowest BCUT2D eigenvalue weighted by atomic mass is 9.90. The largest absolute Gasteiger partial charge is 0.493 e. The van der Waals surface area contributed by atoms with E-state index < -0.39 is 12.0 Å². The second-order valence-corrected chi connectivity index (χ2v) is 7.10. The molecule has 28 heavy (non-hydrogen) atoms. The molecule has 0 bridgehead atoms. The van der Waals surface area contributed by atoms with E-state index in [1.54, 1.807) is 0 Å². The second-order valence-electron chi connectivity index (χ2n) is 7.10. The smallest absolute Gasteiger partial charge is 0.326 e. The topological polar surface area (TPSA) is 91.4 Å². The minimum Gasteiger partial charge on any atom is -0.493 e. The van der Waals surface area contributed by atoms with Crippen LogP contribution >= 0.6 is 0 Å². The summed E-state index contributed by atoms with van der Waals surface area (Å²) < 4.78 is 5.64. The van der Waals surface area contributed by atoms with Crippen LogP contribution in [0, 0.1) is 0 Å². The first-order chi connectivity index (χ1) is 13.6. The predicted octanol–water partition coefficient (Wildman–Crippen LogP) is 3.24. The summed E-state index contributed by atoms with van der Waals surface area (Å²) in [4.78, 5) is 27.5. The molecule has 0 saturated carbocycles. The highest BCUT2D eigenvalue weighted by atomic mass is 16.5. The Morgan fingerprint density at radius 2 is 1.96 bits per heavy atom. The van der Waals surface area contributed by atoms with Gasteiger partial charge in [0.15, 0.2) is 0 Å². The van der Waals surface area contributed by atoms with Crippen molar-refractivity contribution >= 4 is 22.8 Å². The minimum atomic E-state index is -1.04. The number of aromatic nitrogens is 1. The number of fused-ring (bicyclic) bond motifs is 2. The van der Waals surface area contributed by atoms with Crippen molar-refractivity contribution < 1.29 is 19.4 Å². The number of nitrogens with one attached hydrogen (secondary N) is 2. The standard InChI is InChI=1S/C22H22N2O4/c25-21(12-14-9-10-28-20-8-4-2-6-17(14)20)24-19(22(26)27)11-15-13-23-18-7-3-1-5-16(15)18/h1-8,13-14,19,23H,9-12H2,(H,24,25)(H,26,27)/t14-,19+/m0/s1. The maximum Gasteiger partial charge on any atom is 0.326 e. The molecule has 4 rings (SSSR count). The average molecular weight is 378 g/mol. The summed E-state index contributed by atoms with van der Waals surface area (Å²) in [6, 6.07) is 14.4. The van der Waals surface area contributed by atoms with Gasteiger partial charge < -0.3 is 20.1 Å². The zero-order valence-electron chi connectivity index (χ0n) is 15.4. The molecule has 3 N–H and O–H groups in total. The third-order valence-corrected chi connectivity index (χ3v) is 5.25. The lowest BCUT2D eigenvalue weighted by Gasteiger charge is -2.26. The Balaban J connectivity index is 1.45. The number of carbonyl (C=O) groups is 2. The van der Waals surface area contributed by atoms with Gasteiger partial charge >= 0.3 is 5.97 Å². The van der Waals surface area contributed by atoms with Gasteiger partial charge in [0.2, 0.25) is 5.91 Å². The molecule has 1 aliphatic heterocycles. The number of rotatable bonds is 6. The maximum atomic E-state index is 12.6. The number of benzene rings is 2. The van der Waals surface area contributed by atoms with E-state index in [1.807, 2.05) is 54.7 Å². The van der Waals surface area contributed by atoms with Gasteiger partial charge in [0.05, 0.1) is 6.61 Å². The number of aliphatic carboxylic acids is 1. The Kier molecular flexibility index (Phi) is 5.02. The number of H-pyrrole nitrogens is 1. The first kappa shape index (κ1) is 18.1. The number of carboxylic acids is 1.